The molecule has 0 fully saturated rings. The van der Waals surface area contributed by atoms with Crippen molar-refractivity contribution in [1.82, 2.24) is 5.01 Å². The van der Waals surface area contributed by atoms with Gasteiger partial charge < -0.3 is 0 Å². The summed E-state index contributed by atoms with van der Waals surface area (Å²) in [6.45, 7) is 9.63. The van der Waals surface area contributed by atoms with E-state index >= 15 is 0 Å². The molecule has 17 heavy (non-hydrogen) atoms. The molecule has 0 heterocycles. The average Bonchev–Trinajstić information content (AvgIpc) is 2.23. The molecule has 0 saturated heterocycles. The molecular weight excluding hydrogens is 280 g/mol. The summed E-state index contributed by atoms with van der Waals surface area (Å²) in [5, 5.41) is 1.27. The second-order valence-electron chi connectivity index (χ2n) is 5.21. The van der Waals surface area contributed by atoms with Crippen LogP contribution in [-0.2, 0) is 0 Å². The van der Waals surface area contributed by atoms with Crippen LogP contribution in [0.15, 0.2) is 16.6 Å². The summed E-state index contributed by atoms with van der Waals surface area (Å²) in [5.41, 5.74) is 2.29. The Balaban J connectivity index is 3.19. The van der Waals surface area contributed by atoms with Crippen LogP contribution in [0.3, 0.4) is 0 Å². The van der Waals surface area contributed by atoms with E-state index in [1.807, 2.05) is 46.8 Å². The molecule has 2 N–H and O–H groups in total. The third-order valence-electron chi connectivity index (χ3n) is 2.75. The molecule has 0 aliphatic carbocycles. The Kier molecular flexibility index (Phi) is 3.99. The zero-order chi connectivity index (χ0) is 13.4. The third kappa shape index (κ3) is 2.87. The lowest BCUT2D eigenvalue weighted by Gasteiger charge is -2.31. The topological polar surface area (TPSA) is 46.3 Å². The molecule has 0 unspecified atom stereocenters. The van der Waals surface area contributed by atoms with Gasteiger partial charge in [0.25, 0.3) is 5.91 Å². The Morgan fingerprint density at radius 1 is 1.29 bits per heavy atom. The van der Waals surface area contributed by atoms with Crippen LogP contribution in [0.2, 0.25) is 0 Å². The summed E-state index contributed by atoms with van der Waals surface area (Å²) in [4.78, 5) is 12.3. The fraction of sp³-hybridized carbons (Fsp3) is 0.462. The second-order valence-corrected chi connectivity index (χ2v) is 6.01. The minimum Gasteiger partial charge on any atom is -0.271 e. The lowest BCUT2D eigenvalue weighted by molar-refractivity contribution is 0.0581. The summed E-state index contributed by atoms with van der Waals surface area (Å²) in [5.74, 6) is 5.70. The van der Waals surface area contributed by atoms with E-state index in [1.54, 1.807) is 0 Å². The number of nitrogens with two attached hydrogens (primary N) is 1. The van der Waals surface area contributed by atoms with E-state index in [-0.39, 0.29) is 11.4 Å². The number of amides is 1. The maximum absolute atomic E-state index is 12.3. The van der Waals surface area contributed by atoms with Gasteiger partial charge in [0.05, 0.1) is 5.54 Å². The number of hydrogen-bond acceptors (Lipinski definition) is 2. The first-order valence-electron chi connectivity index (χ1n) is 5.51. The van der Waals surface area contributed by atoms with Crippen molar-refractivity contribution in [3.8, 4) is 0 Å². The number of rotatable bonds is 1. The predicted molar refractivity (Wildman–Crippen MR) is 73.7 cm³/mol. The number of hydrazine groups is 1. The van der Waals surface area contributed by atoms with Gasteiger partial charge in [-0.25, -0.2) is 5.84 Å². The minimum absolute atomic E-state index is 0.157. The van der Waals surface area contributed by atoms with Crippen molar-refractivity contribution in [1.29, 1.82) is 0 Å². The zero-order valence-corrected chi connectivity index (χ0v) is 12.6. The van der Waals surface area contributed by atoms with Gasteiger partial charge in [-0.15, -0.1) is 0 Å². The molecule has 0 radical (unpaired) electrons. The van der Waals surface area contributed by atoms with Crippen molar-refractivity contribution >= 4 is 21.8 Å². The molecule has 94 valence electrons. The van der Waals surface area contributed by atoms with Crippen molar-refractivity contribution in [2.75, 3.05) is 0 Å². The minimum atomic E-state index is -0.388. The first-order valence-corrected chi connectivity index (χ1v) is 6.30. The molecule has 1 rings (SSSR count). The van der Waals surface area contributed by atoms with Crippen LogP contribution in [-0.4, -0.2) is 16.5 Å². The number of halogens is 1. The van der Waals surface area contributed by atoms with Gasteiger partial charge in [-0.3, -0.25) is 9.80 Å². The molecule has 1 aromatic carbocycles. The SMILES string of the molecule is Cc1ccc(C(=O)N(N)C(C)(C)C)c(C)c1Br. The summed E-state index contributed by atoms with van der Waals surface area (Å²) >= 11 is 3.49. The largest absolute Gasteiger partial charge is 0.271 e. The highest BCUT2D eigenvalue weighted by Crippen LogP contribution is 2.25. The Morgan fingerprint density at radius 3 is 2.29 bits per heavy atom. The fourth-order valence-corrected chi connectivity index (χ4v) is 1.83. The highest BCUT2D eigenvalue weighted by Gasteiger charge is 2.26. The van der Waals surface area contributed by atoms with E-state index in [4.69, 9.17) is 5.84 Å². The van der Waals surface area contributed by atoms with Gasteiger partial charge in [-0.05, 0) is 51.8 Å². The summed E-state index contributed by atoms with van der Waals surface area (Å²) in [7, 11) is 0. The van der Waals surface area contributed by atoms with Crippen molar-refractivity contribution in [2.45, 2.75) is 40.2 Å². The van der Waals surface area contributed by atoms with Gasteiger partial charge in [0.2, 0.25) is 0 Å². The van der Waals surface area contributed by atoms with Crippen molar-refractivity contribution in [3.63, 3.8) is 0 Å². The number of aryl methyl sites for hydroxylation is 1. The number of carbonyl (C=O) groups excluding carboxylic acids is 1. The Hall–Kier alpha value is -0.870. The number of nitrogens with zero attached hydrogens (tertiary/aromatic N) is 1. The quantitative estimate of drug-likeness (QED) is 0.492. The van der Waals surface area contributed by atoms with E-state index in [1.165, 1.54) is 5.01 Å². The molecule has 0 saturated carbocycles. The van der Waals surface area contributed by atoms with Crippen LogP contribution in [0.25, 0.3) is 0 Å². The highest BCUT2D eigenvalue weighted by molar-refractivity contribution is 9.10. The van der Waals surface area contributed by atoms with E-state index in [9.17, 15) is 4.79 Å². The van der Waals surface area contributed by atoms with Crippen LogP contribution in [0.4, 0.5) is 0 Å². The zero-order valence-electron chi connectivity index (χ0n) is 11.0. The molecule has 0 aromatic heterocycles. The Labute approximate surface area is 111 Å². The predicted octanol–water partition coefficient (Wildman–Crippen LogP) is 3.18. The molecule has 0 aliphatic heterocycles. The van der Waals surface area contributed by atoms with Crippen molar-refractivity contribution in [2.24, 2.45) is 5.84 Å². The highest BCUT2D eigenvalue weighted by atomic mass is 79.9. The molecule has 1 amide bonds. The van der Waals surface area contributed by atoms with E-state index in [0.717, 1.165) is 15.6 Å². The number of hydrogen-bond donors (Lipinski definition) is 1. The lowest BCUT2D eigenvalue weighted by atomic mass is 10.0. The summed E-state index contributed by atoms with van der Waals surface area (Å²) in [6.07, 6.45) is 0. The normalized spacial score (nSPS) is 11.5. The molecule has 0 aliphatic rings. The Morgan fingerprint density at radius 2 is 1.82 bits per heavy atom. The van der Waals surface area contributed by atoms with Crippen LogP contribution < -0.4 is 5.84 Å². The number of benzene rings is 1. The molecule has 4 heteroatoms. The van der Waals surface area contributed by atoms with E-state index in [0.29, 0.717) is 5.56 Å². The van der Waals surface area contributed by atoms with Crippen LogP contribution in [0.1, 0.15) is 42.3 Å². The standard InChI is InChI=1S/C13H19BrN2O/c1-8-6-7-10(9(2)11(8)14)12(17)16(15)13(3,4)5/h6-7H,15H2,1-5H3. The maximum atomic E-state index is 12.3. The smallest absolute Gasteiger partial charge is 0.268 e. The van der Waals surface area contributed by atoms with Crippen LogP contribution >= 0.6 is 15.9 Å². The third-order valence-corrected chi connectivity index (χ3v) is 3.97. The maximum Gasteiger partial charge on any atom is 0.268 e. The summed E-state index contributed by atoms with van der Waals surface area (Å²) < 4.78 is 0.964. The van der Waals surface area contributed by atoms with E-state index < -0.39 is 0 Å². The molecular formula is C13H19BrN2O. The average molecular weight is 299 g/mol. The first-order chi connectivity index (χ1) is 7.66. The lowest BCUT2D eigenvalue weighted by Crippen LogP contribution is -2.50. The van der Waals surface area contributed by atoms with E-state index in [2.05, 4.69) is 15.9 Å². The van der Waals surface area contributed by atoms with Crippen molar-refractivity contribution in [3.05, 3.63) is 33.3 Å². The van der Waals surface area contributed by atoms with Gasteiger partial charge in [0.15, 0.2) is 0 Å². The molecule has 0 bridgehead atoms. The summed E-state index contributed by atoms with van der Waals surface area (Å²) in [6, 6.07) is 3.74. The fourth-order valence-electron chi connectivity index (χ4n) is 1.49. The van der Waals surface area contributed by atoms with Gasteiger partial charge in [0.1, 0.15) is 0 Å². The second kappa shape index (κ2) is 4.78. The Bertz CT molecular complexity index is 449. The molecule has 1 aromatic rings. The molecule has 0 spiro atoms. The monoisotopic (exact) mass is 298 g/mol. The van der Waals surface area contributed by atoms with Crippen LogP contribution in [0, 0.1) is 13.8 Å². The van der Waals surface area contributed by atoms with Crippen LogP contribution in [0.5, 0.6) is 0 Å². The number of carbonyl (C=O) groups is 1. The first kappa shape index (κ1) is 14.2. The van der Waals surface area contributed by atoms with Gasteiger partial charge >= 0.3 is 0 Å². The van der Waals surface area contributed by atoms with Gasteiger partial charge in [0, 0.05) is 10.0 Å². The molecule has 3 nitrogen and oxygen atoms in total. The molecule has 0 atom stereocenters. The van der Waals surface area contributed by atoms with Gasteiger partial charge in [-0.1, -0.05) is 22.0 Å². The van der Waals surface area contributed by atoms with Gasteiger partial charge in [-0.2, -0.15) is 0 Å². The van der Waals surface area contributed by atoms with Crippen molar-refractivity contribution < 1.29 is 4.79 Å².